The second-order valence-electron chi connectivity index (χ2n) is 8.15. The molecule has 0 spiro atoms. The number of ether oxygens (including phenoxy) is 2. The van der Waals surface area contributed by atoms with Crippen LogP contribution in [0.5, 0.6) is 11.5 Å². The lowest BCUT2D eigenvalue weighted by molar-refractivity contribution is -0.139. The highest BCUT2D eigenvalue weighted by Gasteiger charge is 2.31. The molecule has 0 fully saturated rings. The van der Waals surface area contributed by atoms with E-state index in [9.17, 15) is 18.0 Å². The lowest BCUT2D eigenvalue weighted by Gasteiger charge is -2.32. The number of benzene rings is 2. The van der Waals surface area contributed by atoms with Gasteiger partial charge in [-0.25, -0.2) is 8.42 Å². The van der Waals surface area contributed by atoms with Crippen LogP contribution >= 0.6 is 0 Å². The van der Waals surface area contributed by atoms with Crippen LogP contribution in [0.4, 0.5) is 5.69 Å². The average Bonchev–Trinajstić information content (AvgIpc) is 2.79. The molecule has 2 aromatic rings. The third-order valence-corrected chi connectivity index (χ3v) is 6.26. The number of anilines is 1. The number of carbonyl (C=O) groups is 2. The third-order valence-electron chi connectivity index (χ3n) is 5.13. The molecule has 0 aromatic heterocycles. The molecule has 0 unspecified atom stereocenters. The van der Waals surface area contributed by atoms with Gasteiger partial charge in [0.05, 0.1) is 26.2 Å². The number of hydrogen-bond acceptors (Lipinski definition) is 6. The summed E-state index contributed by atoms with van der Waals surface area (Å²) in [6.45, 7) is 4.92. The van der Waals surface area contributed by atoms with Gasteiger partial charge >= 0.3 is 0 Å². The van der Waals surface area contributed by atoms with Crippen molar-refractivity contribution in [1.82, 2.24) is 10.2 Å². The Hall–Kier alpha value is -3.27. The molecule has 186 valence electrons. The summed E-state index contributed by atoms with van der Waals surface area (Å²) in [5, 5.41) is 2.81. The lowest BCUT2D eigenvalue weighted by atomic mass is 10.1. The molecule has 34 heavy (non-hydrogen) atoms. The number of hydrogen-bond donors (Lipinski definition) is 1. The quantitative estimate of drug-likeness (QED) is 0.518. The second-order valence-corrected chi connectivity index (χ2v) is 10.1. The van der Waals surface area contributed by atoms with E-state index in [1.165, 1.54) is 25.2 Å². The van der Waals surface area contributed by atoms with E-state index in [0.717, 1.165) is 16.1 Å². The zero-order valence-electron chi connectivity index (χ0n) is 20.4. The maximum atomic E-state index is 13.5. The van der Waals surface area contributed by atoms with Crippen LogP contribution in [0.1, 0.15) is 26.3 Å². The van der Waals surface area contributed by atoms with Crippen molar-refractivity contribution in [3.63, 3.8) is 0 Å². The van der Waals surface area contributed by atoms with Gasteiger partial charge in [-0.3, -0.25) is 13.9 Å². The van der Waals surface area contributed by atoms with Crippen molar-refractivity contribution in [1.29, 1.82) is 0 Å². The Morgan fingerprint density at radius 2 is 1.65 bits per heavy atom. The van der Waals surface area contributed by atoms with Crippen LogP contribution in [0.25, 0.3) is 0 Å². The average molecular weight is 492 g/mol. The Labute approximate surface area is 201 Å². The molecule has 2 amide bonds. The van der Waals surface area contributed by atoms with Gasteiger partial charge in [0.25, 0.3) is 0 Å². The molecule has 0 aliphatic carbocycles. The summed E-state index contributed by atoms with van der Waals surface area (Å²) < 4.78 is 36.9. The van der Waals surface area contributed by atoms with Gasteiger partial charge in [-0.1, -0.05) is 30.3 Å². The highest BCUT2D eigenvalue weighted by molar-refractivity contribution is 7.92. The minimum atomic E-state index is -3.87. The first-order valence-corrected chi connectivity index (χ1v) is 12.7. The molecule has 10 heteroatoms. The fourth-order valence-electron chi connectivity index (χ4n) is 3.35. The number of amides is 2. The Balaban J connectivity index is 2.44. The zero-order valence-corrected chi connectivity index (χ0v) is 21.3. The van der Waals surface area contributed by atoms with Crippen molar-refractivity contribution < 1.29 is 27.5 Å². The number of rotatable bonds is 11. The van der Waals surface area contributed by atoms with E-state index < -0.39 is 28.5 Å². The maximum absolute atomic E-state index is 13.5. The predicted molar refractivity (Wildman–Crippen MR) is 131 cm³/mol. The van der Waals surface area contributed by atoms with Crippen molar-refractivity contribution in [3.05, 3.63) is 54.1 Å². The van der Waals surface area contributed by atoms with Gasteiger partial charge in [0.15, 0.2) is 0 Å². The molecule has 1 atom stereocenters. The van der Waals surface area contributed by atoms with Crippen molar-refractivity contribution in [3.8, 4) is 11.5 Å². The first-order chi connectivity index (χ1) is 16.0. The summed E-state index contributed by atoms with van der Waals surface area (Å²) in [7, 11) is -0.985. The van der Waals surface area contributed by atoms with Crippen LogP contribution in [-0.4, -0.2) is 64.2 Å². The molecule has 0 radical (unpaired) electrons. The van der Waals surface area contributed by atoms with Gasteiger partial charge in [-0.05, 0) is 38.5 Å². The van der Waals surface area contributed by atoms with E-state index in [0.29, 0.717) is 5.75 Å². The molecular weight excluding hydrogens is 458 g/mol. The third kappa shape index (κ3) is 7.11. The van der Waals surface area contributed by atoms with E-state index in [-0.39, 0.29) is 29.9 Å². The van der Waals surface area contributed by atoms with Crippen molar-refractivity contribution in [2.24, 2.45) is 0 Å². The van der Waals surface area contributed by atoms with Gasteiger partial charge < -0.3 is 19.7 Å². The summed E-state index contributed by atoms with van der Waals surface area (Å²) in [4.78, 5) is 27.6. The molecule has 0 saturated heterocycles. The topological polar surface area (TPSA) is 105 Å². The Bertz CT molecular complexity index is 1090. The van der Waals surface area contributed by atoms with Crippen LogP contribution in [0.15, 0.2) is 48.5 Å². The number of nitrogens with one attached hydrogen (secondary N) is 1. The van der Waals surface area contributed by atoms with Gasteiger partial charge in [-0.2, -0.15) is 0 Å². The normalized spacial score (nSPS) is 12.1. The minimum absolute atomic E-state index is 0.111. The molecule has 2 rings (SSSR count). The van der Waals surface area contributed by atoms with Crippen LogP contribution in [-0.2, 0) is 26.2 Å². The Morgan fingerprint density at radius 3 is 2.18 bits per heavy atom. The molecule has 0 aliphatic rings. The summed E-state index contributed by atoms with van der Waals surface area (Å²) in [6.07, 6.45) is 1.01. The fourth-order valence-corrected chi connectivity index (χ4v) is 4.21. The van der Waals surface area contributed by atoms with Gasteiger partial charge in [0.2, 0.25) is 21.8 Å². The van der Waals surface area contributed by atoms with E-state index in [2.05, 4.69) is 5.32 Å². The highest BCUT2D eigenvalue weighted by Crippen LogP contribution is 2.33. The molecule has 2 aromatic carbocycles. The number of methoxy groups -OCH3 is 2. The van der Waals surface area contributed by atoms with Gasteiger partial charge in [0.1, 0.15) is 24.1 Å². The highest BCUT2D eigenvalue weighted by atomic mass is 32.2. The van der Waals surface area contributed by atoms with E-state index in [4.69, 9.17) is 9.47 Å². The lowest BCUT2D eigenvalue weighted by Crippen LogP contribution is -2.52. The first kappa shape index (κ1) is 27.0. The zero-order chi connectivity index (χ0) is 25.5. The molecule has 9 nitrogen and oxygen atoms in total. The standard InChI is InChI=1S/C24H33N3O6S/c1-17(2)25-24(29)18(3)26(15-19-10-8-7-9-11-19)23(28)16-27(34(6,30)31)21-13-12-20(32-4)14-22(21)33-5/h7-14,17-18H,15-16H2,1-6H3,(H,25,29)/t18-/m1/s1. The summed E-state index contributed by atoms with van der Waals surface area (Å²) in [5.41, 5.74) is 1.01. The minimum Gasteiger partial charge on any atom is -0.497 e. The van der Waals surface area contributed by atoms with Crippen LogP contribution in [0.3, 0.4) is 0 Å². The van der Waals surface area contributed by atoms with Crippen molar-refractivity contribution >= 4 is 27.5 Å². The SMILES string of the molecule is COc1ccc(N(CC(=O)N(Cc2ccccc2)[C@H](C)C(=O)NC(C)C)S(C)(=O)=O)c(OC)c1. The summed E-state index contributed by atoms with van der Waals surface area (Å²) in [6, 6.07) is 12.9. The smallest absolute Gasteiger partial charge is 0.244 e. The van der Waals surface area contributed by atoms with Crippen LogP contribution in [0, 0.1) is 0 Å². The molecule has 0 saturated carbocycles. The van der Waals surface area contributed by atoms with Gasteiger partial charge in [-0.15, -0.1) is 0 Å². The van der Waals surface area contributed by atoms with E-state index in [1.807, 2.05) is 44.2 Å². The summed E-state index contributed by atoms with van der Waals surface area (Å²) >= 11 is 0. The molecule has 0 bridgehead atoms. The molecule has 1 N–H and O–H groups in total. The first-order valence-electron chi connectivity index (χ1n) is 10.8. The Morgan fingerprint density at radius 1 is 1.00 bits per heavy atom. The monoisotopic (exact) mass is 491 g/mol. The Kier molecular flexibility index (Phi) is 9.31. The molecule has 0 heterocycles. The predicted octanol–water partition coefficient (Wildman–Crippen LogP) is 2.41. The maximum Gasteiger partial charge on any atom is 0.244 e. The number of sulfonamides is 1. The number of nitrogens with zero attached hydrogens (tertiary/aromatic N) is 2. The van der Waals surface area contributed by atoms with E-state index >= 15 is 0 Å². The van der Waals surface area contributed by atoms with Crippen molar-refractivity contribution in [2.75, 3.05) is 31.3 Å². The summed E-state index contributed by atoms with van der Waals surface area (Å²) in [5.74, 6) is -0.145. The van der Waals surface area contributed by atoms with E-state index in [1.54, 1.807) is 19.1 Å². The van der Waals surface area contributed by atoms with Gasteiger partial charge in [0, 0.05) is 18.7 Å². The fraction of sp³-hybridized carbons (Fsp3) is 0.417. The van der Waals surface area contributed by atoms with Crippen LogP contribution < -0.4 is 19.1 Å². The number of carbonyl (C=O) groups excluding carboxylic acids is 2. The van der Waals surface area contributed by atoms with Crippen molar-refractivity contribution in [2.45, 2.75) is 39.4 Å². The molecule has 0 aliphatic heterocycles. The largest absolute Gasteiger partial charge is 0.497 e. The van der Waals surface area contributed by atoms with Crippen LogP contribution in [0.2, 0.25) is 0 Å². The molecular formula is C24H33N3O6S. The second kappa shape index (κ2) is 11.7.